The van der Waals surface area contributed by atoms with Gasteiger partial charge in [-0.2, -0.15) is 0 Å². The zero-order valence-corrected chi connectivity index (χ0v) is 12.9. The van der Waals surface area contributed by atoms with E-state index in [1.54, 1.807) is 16.8 Å². The molecule has 0 saturated heterocycles. The van der Waals surface area contributed by atoms with Crippen molar-refractivity contribution in [3.05, 3.63) is 16.6 Å². The number of rotatable bonds is 3. The summed E-state index contributed by atoms with van der Waals surface area (Å²) in [4.78, 5) is 16.3. The lowest BCUT2D eigenvalue weighted by atomic mass is 9.84. The van der Waals surface area contributed by atoms with Gasteiger partial charge in [0.2, 0.25) is 5.91 Å². The van der Waals surface area contributed by atoms with Gasteiger partial charge in [-0.05, 0) is 31.1 Å². The van der Waals surface area contributed by atoms with Crippen LogP contribution in [0.5, 0.6) is 0 Å². The highest BCUT2D eigenvalue weighted by atomic mass is 35.5. The minimum absolute atomic E-state index is 0. The van der Waals surface area contributed by atoms with E-state index in [-0.39, 0.29) is 42.7 Å². The van der Waals surface area contributed by atoms with Crippen LogP contribution in [0.15, 0.2) is 10.9 Å². The van der Waals surface area contributed by atoms with E-state index in [0.717, 1.165) is 12.1 Å². The van der Waals surface area contributed by atoms with Gasteiger partial charge in [-0.25, -0.2) is 4.98 Å². The van der Waals surface area contributed by atoms with Crippen LogP contribution < -0.4 is 11.1 Å². The SMILES string of the molecule is Cl.Cl.NC1C2CCC(C2)C1C(=O)NCc1cscn1. The Morgan fingerprint density at radius 2 is 2.16 bits per heavy atom. The third-order valence-corrected chi connectivity index (χ3v) is 4.85. The fourth-order valence-corrected chi connectivity index (χ4v) is 3.90. The summed E-state index contributed by atoms with van der Waals surface area (Å²) in [5.41, 5.74) is 8.85. The molecule has 3 rings (SSSR count). The van der Waals surface area contributed by atoms with Gasteiger partial charge in [-0.1, -0.05) is 0 Å². The van der Waals surface area contributed by atoms with Gasteiger partial charge in [0.1, 0.15) is 0 Å². The molecule has 1 heterocycles. The molecule has 2 fully saturated rings. The minimum Gasteiger partial charge on any atom is -0.350 e. The van der Waals surface area contributed by atoms with Crippen LogP contribution in [0.2, 0.25) is 0 Å². The second-order valence-corrected chi connectivity index (χ2v) is 5.85. The van der Waals surface area contributed by atoms with Crippen LogP contribution >= 0.6 is 36.2 Å². The molecule has 2 aliphatic carbocycles. The standard InChI is InChI=1S/C12H17N3OS.2ClH/c13-11-8-2-1-7(3-8)10(11)12(16)14-4-9-5-17-6-15-9;;/h5-8,10-11H,1-4,13H2,(H,14,16);2*1H. The molecule has 19 heavy (non-hydrogen) atoms. The van der Waals surface area contributed by atoms with Gasteiger partial charge in [0.25, 0.3) is 0 Å². The van der Waals surface area contributed by atoms with E-state index in [9.17, 15) is 4.79 Å². The number of aromatic nitrogens is 1. The molecular formula is C12H19Cl2N3OS. The lowest BCUT2D eigenvalue weighted by Gasteiger charge is -2.26. The molecule has 0 spiro atoms. The Hall–Kier alpha value is -0.360. The summed E-state index contributed by atoms with van der Waals surface area (Å²) in [7, 11) is 0. The first-order valence-corrected chi connectivity index (χ1v) is 7.10. The predicted octanol–water partition coefficient (Wildman–Crippen LogP) is 1.98. The molecule has 2 aliphatic rings. The fourth-order valence-electron chi connectivity index (χ4n) is 3.35. The monoisotopic (exact) mass is 323 g/mol. The van der Waals surface area contributed by atoms with Gasteiger partial charge >= 0.3 is 0 Å². The summed E-state index contributed by atoms with van der Waals surface area (Å²) in [6, 6.07) is 0.0733. The first kappa shape index (κ1) is 16.7. The highest BCUT2D eigenvalue weighted by Crippen LogP contribution is 2.47. The Morgan fingerprint density at radius 3 is 2.74 bits per heavy atom. The summed E-state index contributed by atoms with van der Waals surface area (Å²) in [6.45, 7) is 0.531. The second kappa shape index (κ2) is 6.88. The Kier molecular flexibility index (Phi) is 6.05. The number of carbonyl (C=O) groups excluding carboxylic acids is 1. The first-order valence-electron chi connectivity index (χ1n) is 6.16. The van der Waals surface area contributed by atoms with E-state index in [1.165, 1.54) is 12.8 Å². The van der Waals surface area contributed by atoms with Crippen LogP contribution in [-0.4, -0.2) is 16.9 Å². The number of carbonyl (C=O) groups is 1. The summed E-state index contributed by atoms with van der Waals surface area (Å²) in [5, 5.41) is 4.93. The van der Waals surface area contributed by atoms with Crippen molar-refractivity contribution in [2.45, 2.75) is 31.8 Å². The van der Waals surface area contributed by atoms with E-state index in [1.807, 2.05) is 5.38 Å². The van der Waals surface area contributed by atoms with Crippen LogP contribution in [0, 0.1) is 17.8 Å². The average Bonchev–Trinajstić information content (AvgIpc) is 3.02. The van der Waals surface area contributed by atoms with E-state index >= 15 is 0 Å². The zero-order valence-electron chi connectivity index (χ0n) is 10.5. The zero-order chi connectivity index (χ0) is 11.8. The molecule has 108 valence electrons. The molecule has 2 bridgehead atoms. The maximum absolute atomic E-state index is 12.1. The van der Waals surface area contributed by atoms with Gasteiger partial charge in [0, 0.05) is 11.4 Å². The van der Waals surface area contributed by atoms with Crippen molar-refractivity contribution in [1.82, 2.24) is 10.3 Å². The molecule has 4 unspecified atom stereocenters. The number of thiazole rings is 1. The quantitative estimate of drug-likeness (QED) is 0.893. The number of halogens is 2. The molecule has 0 aliphatic heterocycles. The van der Waals surface area contributed by atoms with Crippen LogP contribution in [0.25, 0.3) is 0 Å². The smallest absolute Gasteiger partial charge is 0.225 e. The van der Waals surface area contributed by atoms with Gasteiger partial charge < -0.3 is 11.1 Å². The van der Waals surface area contributed by atoms with Gasteiger partial charge in [-0.15, -0.1) is 36.2 Å². The predicted molar refractivity (Wildman–Crippen MR) is 80.8 cm³/mol. The van der Waals surface area contributed by atoms with E-state index in [4.69, 9.17) is 5.73 Å². The molecular weight excluding hydrogens is 305 g/mol. The van der Waals surface area contributed by atoms with Gasteiger partial charge in [-0.3, -0.25) is 4.79 Å². The van der Waals surface area contributed by atoms with Crippen LogP contribution in [-0.2, 0) is 11.3 Å². The van der Waals surface area contributed by atoms with Crippen molar-refractivity contribution in [2.24, 2.45) is 23.5 Å². The molecule has 7 heteroatoms. The van der Waals surface area contributed by atoms with Crippen molar-refractivity contribution >= 4 is 42.1 Å². The Bertz CT molecular complexity index is 413. The number of nitrogens with two attached hydrogens (primary N) is 1. The topological polar surface area (TPSA) is 68.0 Å². The van der Waals surface area contributed by atoms with Crippen LogP contribution in [0.3, 0.4) is 0 Å². The highest BCUT2D eigenvalue weighted by Gasteiger charge is 2.48. The molecule has 4 atom stereocenters. The number of nitrogens with one attached hydrogen (secondary N) is 1. The molecule has 1 amide bonds. The number of amides is 1. The van der Waals surface area contributed by atoms with Gasteiger partial charge in [0.05, 0.1) is 23.7 Å². The Labute approximate surface area is 129 Å². The van der Waals surface area contributed by atoms with Crippen molar-refractivity contribution in [1.29, 1.82) is 0 Å². The molecule has 1 aromatic rings. The summed E-state index contributed by atoms with van der Waals surface area (Å²) < 4.78 is 0. The van der Waals surface area contributed by atoms with E-state index in [2.05, 4.69) is 10.3 Å². The molecule has 0 radical (unpaired) electrons. The van der Waals surface area contributed by atoms with Crippen molar-refractivity contribution in [3.8, 4) is 0 Å². The fraction of sp³-hybridized carbons (Fsp3) is 0.667. The summed E-state index contributed by atoms with van der Waals surface area (Å²) in [6.07, 6.45) is 3.53. The molecule has 4 nitrogen and oxygen atoms in total. The van der Waals surface area contributed by atoms with E-state index < -0.39 is 0 Å². The van der Waals surface area contributed by atoms with Crippen LogP contribution in [0.4, 0.5) is 0 Å². The molecule has 1 aromatic heterocycles. The Morgan fingerprint density at radius 1 is 1.42 bits per heavy atom. The van der Waals surface area contributed by atoms with Crippen molar-refractivity contribution < 1.29 is 4.79 Å². The highest BCUT2D eigenvalue weighted by molar-refractivity contribution is 7.07. The molecule has 0 aromatic carbocycles. The van der Waals surface area contributed by atoms with Gasteiger partial charge in [0.15, 0.2) is 0 Å². The minimum atomic E-state index is 0. The maximum Gasteiger partial charge on any atom is 0.225 e. The van der Waals surface area contributed by atoms with Crippen LogP contribution in [0.1, 0.15) is 25.0 Å². The first-order chi connectivity index (χ1) is 8.25. The number of nitrogens with zero attached hydrogens (tertiary/aromatic N) is 1. The number of hydrogen-bond acceptors (Lipinski definition) is 4. The van der Waals surface area contributed by atoms with E-state index in [0.29, 0.717) is 18.4 Å². The number of hydrogen-bond donors (Lipinski definition) is 2. The lowest BCUT2D eigenvalue weighted by molar-refractivity contribution is -0.127. The summed E-state index contributed by atoms with van der Waals surface area (Å²) >= 11 is 1.55. The molecule has 2 saturated carbocycles. The lowest BCUT2D eigenvalue weighted by Crippen LogP contribution is -2.45. The third kappa shape index (κ3) is 3.21. The second-order valence-electron chi connectivity index (χ2n) is 5.13. The largest absolute Gasteiger partial charge is 0.350 e. The third-order valence-electron chi connectivity index (χ3n) is 4.21. The van der Waals surface area contributed by atoms with Crippen molar-refractivity contribution in [2.75, 3.05) is 0 Å². The normalized spacial score (nSPS) is 31.4. The Balaban J connectivity index is 0.000000902. The maximum atomic E-state index is 12.1. The van der Waals surface area contributed by atoms with Crippen molar-refractivity contribution in [3.63, 3.8) is 0 Å². The summed E-state index contributed by atoms with van der Waals surface area (Å²) in [5.74, 6) is 1.26. The number of fused-ring (bicyclic) bond motifs is 2. The average molecular weight is 324 g/mol. The molecule has 3 N–H and O–H groups in total.